The van der Waals surface area contributed by atoms with Crippen molar-refractivity contribution in [2.75, 3.05) is 18.2 Å². The summed E-state index contributed by atoms with van der Waals surface area (Å²) in [6.07, 6.45) is 0. The Morgan fingerprint density at radius 3 is 2.78 bits per heavy atom. The minimum Gasteiger partial charge on any atom is -0.495 e. The van der Waals surface area contributed by atoms with E-state index in [-0.39, 0.29) is 5.91 Å². The van der Waals surface area contributed by atoms with Crippen LogP contribution in [0, 0.1) is 0 Å². The highest BCUT2D eigenvalue weighted by atomic mass is 79.9. The first-order valence-electron chi connectivity index (χ1n) is 5.09. The molecular formula is C12H11BrN2O2S. The van der Waals surface area contributed by atoms with Crippen molar-refractivity contribution in [3.8, 4) is 5.75 Å². The zero-order valence-electron chi connectivity index (χ0n) is 9.57. The van der Waals surface area contributed by atoms with Crippen LogP contribution < -0.4 is 15.8 Å². The number of benzene rings is 1. The fourth-order valence-corrected chi connectivity index (χ4v) is 2.58. The van der Waals surface area contributed by atoms with Crippen LogP contribution in [0.15, 0.2) is 33.4 Å². The van der Waals surface area contributed by atoms with E-state index in [0.29, 0.717) is 22.7 Å². The van der Waals surface area contributed by atoms with Gasteiger partial charge in [-0.3, -0.25) is 4.79 Å². The molecule has 0 fully saturated rings. The van der Waals surface area contributed by atoms with E-state index in [4.69, 9.17) is 10.5 Å². The Hall–Kier alpha value is -1.53. The summed E-state index contributed by atoms with van der Waals surface area (Å²) in [6.45, 7) is 0. The van der Waals surface area contributed by atoms with Crippen molar-refractivity contribution in [1.29, 1.82) is 0 Å². The number of methoxy groups -OCH3 is 1. The van der Waals surface area contributed by atoms with E-state index in [0.717, 1.165) is 3.79 Å². The number of amides is 1. The maximum Gasteiger partial charge on any atom is 0.256 e. The van der Waals surface area contributed by atoms with E-state index in [1.54, 1.807) is 36.8 Å². The van der Waals surface area contributed by atoms with E-state index in [2.05, 4.69) is 21.2 Å². The Labute approximate surface area is 117 Å². The number of carbonyl (C=O) groups is 1. The standard InChI is InChI=1S/C12H11BrN2O2S/c1-17-10-3-2-8(5-9(10)14)15-12(16)7-4-11(13)18-6-7/h2-6H,14H2,1H3,(H,15,16). The van der Waals surface area contributed by atoms with Crippen molar-refractivity contribution < 1.29 is 9.53 Å². The van der Waals surface area contributed by atoms with Crippen molar-refractivity contribution in [3.05, 3.63) is 39.0 Å². The van der Waals surface area contributed by atoms with E-state index in [1.165, 1.54) is 11.3 Å². The van der Waals surface area contributed by atoms with Gasteiger partial charge in [0.2, 0.25) is 0 Å². The third kappa shape index (κ3) is 2.83. The number of carbonyl (C=O) groups excluding carboxylic acids is 1. The second-order valence-corrected chi connectivity index (χ2v) is 5.84. The number of nitrogen functional groups attached to an aromatic ring is 1. The molecule has 3 N–H and O–H groups in total. The maximum absolute atomic E-state index is 11.9. The number of nitrogens with one attached hydrogen (secondary N) is 1. The van der Waals surface area contributed by atoms with Gasteiger partial charge in [0.15, 0.2) is 0 Å². The second kappa shape index (κ2) is 5.41. The third-order valence-electron chi connectivity index (χ3n) is 2.32. The highest BCUT2D eigenvalue weighted by molar-refractivity contribution is 9.11. The van der Waals surface area contributed by atoms with Crippen molar-refractivity contribution in [2.24, 2.45) is 0 Å². The molecule has 4 nitrogen and oxygen atoms in total. The second-order valence-electron chi connectivity index (χ2n) is 3.55. The molecule has 0 atom stereocenters. The summed E-state index contributed by atoms with van der Waals surface area (Å²) in [7, 11) is 1.55. The van der Waals surface area contributed by atoms with Crippen LogP contribution in [0.1, 0.15) is 10.4 Å². The molecule has 94 valence electrons. The molecule has 0 radical (unpaired) electrons. The predicted molar refractivity (Wildman–Crippen MR) is 77.4 cm³/mol. The van der Waals surface area contributed by atoms with Crippen molar-refractivity contribution >= 4 is 44.5 Å². The summed E-state index contributed by atoms with van der Waals surface area (Å²) < 4.78 is 5.97. The van der Waals surface area contributed by atoms with E-state index in [9.17, 15) is 4.79 Å². The van der Waals surface area contributed by atoms with Gasteiger partial charge in [0.1, 0.15) is 5.75 Å². The lowest BCUT2D eigenvalue weighted by atomic mass is 10.2. The number of nitrogens with two attached hydrogens (primary N) is 1. The molecule has 2 rings (SSSR count). The van der Waals surface area contributed by atoms with E-state index >= 15 is 0 Å². The summed E-state index contributed by atoms with van der Waals surface area (Å²) in [6, 6.07) is 6.90. The molecule has 0 aliphatic rings. The normalized spacial score (nSPS) is 10.1. The van der Waals surface area contributed by atoms with Crippen LogP contribution in [0.25, 0.3) is 0 Å². The molecule has 0 saturated carbocycles. The van der Waals surface area contributed by atoms with Crippen molar-refractivity contribution in [1.82, 2.24) is 0 Å². The van der Waals surface area contributed by atoms with Gasteiger partial charge in [-0.2, -0.15) is 0 Å². The molecule has 1 aromatic heterocycles. The minimum atomic E-state index is -0.165. The van der Waals surface area contributed by atoms with Gasteiger partial charge < -0.3 is 15.8 Å². The quantitative estimate of drug-likeness (QED) is 0.850. The number of halogens is 1. The molecule has 0 aliphatic heterocycles. The van der Waals surface area contributed by atoms with Gasteiger partial charge in [-0.05, 0) is 40.2 Å². The van der Waals surface area contributed by atoms with Gasteiger partial charge >= 0.3 is 0 Å². The van der Waals surface area contributed by atoms with Crippen molar-refractivity contribution in [2.45, 2.75) is 0 Å². The number of anilines is 2. The SMILES string of the molecule is COc1ccc(NC(=O)c2csc(Br)c2)cc1N. The van der Waals surface area contributed by atoms with Gasteiger partial charge in [-0.25, -0.2) is 0 Å². The monoisotopic (exact) mass is 326 g/mol. The summed E-state index contributed by atoms with van der Waals surface area (Å²) in [5, 5.41) is 4.56. The van der Waals surface area contributed by atoms with Crippen LogP contribution >= 0.6 is 27.3 Å². The first-order chi connectivity index (χ1) is 8.60. The largest absolute Gasteiger partial charge is 0.495 e. The van der Waals surface area contributed by atoms with Crippen LogP contribution in [0.2, 0.25) is 0 Å². The third-order valence-corrected chi connectivity index (χ3v) is 3.82. The Morgan fingerprint density at radius 1 is 1.44 bits per heavy atom. The van der Waals surface area contributed by atoms with Crippen LogP contribution in [0.5, 0.6) is 5.75 Å². The van der Waals surface area contributed by atoms with Gasteiger partial charge in [0.05, 0.1) is 22.1 Å². The Balaban J connectivity index is 2.14. The van der Waals surface area contributed by atoms with Crippen molar-refractivity contribution in [3.63, 3.8) is 0 Å². The molecule has 1 heterocycles. The number of hydrogen-bond donors (Lipinski definition) is 2. The number of rotatable bonds is 3. The molecule has 0 spiro atoms. The molecule has 18 heavy (non-hydrogen) atoms. The molecule has 0 aliphatic carbocycles. The first-order valence-corrected chi connectivity index (χ1v) is 6.76. The lowest BCUT2D eigenvalue weighted by Gasteiger charge is -2.08. The lowest BCUT2D eigenvalue weighted by molar-refractivity contribution is 0.102. The highest BCUT2D eigenvalue weighted by Gasteiger charge is 2.09. The molecule has 0 unspecified atom stereocenters. The molecule has 2 aromatic rings. The van der Waals surface area contributed by atoms with Gasteiger partial charge in [0, 0.05) is 11.1 Å². The Kier molecular flexibility index (Phi) is 3.88. The fraction of sp³-hybridized carbons (Fsp3) is 0.0833. The van der Waals surface area contributed by atoms with Gasteiger partial charge in [0.25, 0.3) is 5.91 Å². The smallest absolute Gasteiger partial charge is 0.256 e. The molecule has 1 aromatic carbocycles. The molecule has 0 saturated heterocycles. The molecule has 6 heteroatoms. The van der Waals surface area contributed by atoms with Gasteiger partial charge in [-0.1, -0.05) is 0 Å². The zero-order chi connectivity index (χ0) is 13.1. The predicted octanol–water partition coefficient (Wildman–Crippen LogP) is 3.35. The van der Waals surface area contributed by atoms with Crippen LogP contribution in [-0.4, -0.2) is 13.0 Å². The van der Waals surface area contributed by atoms with E-state index in [1.807, 2.05) is 0 Å². The Morgan fingerprint density at radius 2 is 2.22 bits per heavy atom. The maximum atomic E-state index is 11.9. The van der Waals surface area contributed by atoms with Gasteiger partial charge in [-0.15, -0.1) is 11.3 Å². The molecule has 1 amide bonds. The Bertz CT molecular complexity index is 583. The first kappa shape index (κ1) is 12.9. The zero-order valence-corrected chi connectivity index (χ0v) is 12.0. The number of hydrogen-bond acceptors (Lipinski definition) is 4. The molecular weight excluding hydrogens is 316 g/mol. The average Bonchev–Trinajstić information content (AvgIpc) is 2.76. The number of ether oxygens (including phenoxy) is 1. The minimum absolute atomic E-state index is 0.165. The van der Waals surface area contributed by atoms with Crippen LogP contribution in [0.4, 0.5) is 11.4 Å². The average molecular weight is 327 g/mol. The molecule has 0 bridgehead atoms. The highest BCUT2D eigenvalue weighted by Crippen LogP contribution is 2.26. The summed E-state index contributed by atoms with van der Waals surface area (Å²) in [4.78, 5) is 11.9. The topological polar surface area (TPSA) is 64.3 Å². The fourth-order valence-electron chi connectivity index (χ4n) is 1.44. The summed E-state index contributed by atoms with van der Waals surface area (Å²) in [5.41, 5.74) is 7.51. The number of thiophene rings is 1. The van der Waals surface area contributed by atoms with Crippen LogP contribution in [-0.2, 0) is 0 Å². The van der Waals surface area contributed by atoms with Crippen LogP contribution in [0.3, 0.4) is 0 Å². The lowest BCUT2D eigenvalue weighted by Crippen LogP contribution is -2.11. The van der Waals surface area contributed by atoms with E-state index < -0.39 is 0 Å². The summed E-state index contributed by atoms with van der Waals surface area (Å²) >= 11 is 4.78. The summed E-state index contributed by atoms with van der Waals surface area (Å²) in [5.74, 6) is 0.424.